The van der Waals surface area contributed by atoms with Crippen LogP contribution in [0.3, 0.4) is 0 Å². The van der Waals surface area contributed by atoms with Gasteiger partial charge in [0.05, 0.1) is 12.3 Å². The topological polar surface area (TPSA) is 50.1 Å². The van der Waals surface area contributed by atoms with E-state index in [1.54, 1.807) is 6.20 Å². The first kappa shape index (κ1) is 11.2. The van der Waals surface area contributed by atoms with E-state index < -0.39 is 0 Å². The normalized spacial score (nSPS) is 15.4. The van der Waals surface area contributed by atoms with Crippen LogP contribution in [0.15, 0.2) is 12.3 Å². The van der Waals surface area contributed by atoms with Crippen LogP contribution in [0.2, 0.25) is 0 Å². The number of aryl methyl sites for hydroxylation is 1. The smallest absolute Gasteiger partial charge is 0.0584 e. The van der Waals surface area contributed by atoms with Crippen molar-refractivity contribution in [2.24, 2.45) is 7.05 Å². The van der Waals surface area contributed by atoms with Crippen molar-refractivity contribution >= 4 is 0 Å². The van der Waals surface area contributed by atoms with Gasteiger partial charge in [0, 0.05) is 25.3 Å². The van der Waals surface area contributed by atoms with E-state index >= 15 is 0 Å². The highest BCUT2D eigenvalue weighted by atomic mass is 16.3. The molecule has 1 aromatic rings. The summed E-state index contributed by atoms with van der Waals surface area (Å²) in [7, 11) is 1.92. The maximum atomic E-state index is 9.06. The number of aliphatic hydroxyl groups excluding tert-OH is 1. The summed E-state index contributed by atoms with van der Waals surface area (Å²) in [6.07, 6.45) is 2.71. The van der Waals surface area contributed by atoms with Gasteiger partial charge in [-0.1, -0.05) is 6.92 Å². The van der Waals surface area contributed by atoms with E-state index in [0.717, 1.165) is 12.1 Å². The molecule has 0 spiro atoms. The third-order valence-electron chi connectivity index (χ3n) is 2.50. The Hall–Kier alpha value is -0.870. The summed E-state index contributed by atoms with van der Waals surface area (Å²) in [6, 6.07) is 2.38. The van der Waals surface area contributed by atoms with E-state index in [-0.39, 0.29) is 18.7 Å². The van der Waals surface area contributed by atoms with E-state index in [2.05, 4.69) is 24.3 Å². The Bertz CT molecular complexity index is 268. The van der Waals surface area contributed by atoms with Crippen molar-refractivity contribution in [2.75, 3.05) is 6.61 Å². The maximum Gasteiger partial charge on any atom is 0.0584 e. The van der Waals surface area contributed by atoms with E-state index in [1.807, 2.05) is 17.8 Å². The zero-order chi connectivity index (χ0) is 10.6. The monoisotopic (exact) mass is 197 g/mol. The van der Waals surface area contributed by atoms with Crippen molar-refractivity contribution in [2.45, 2.75) is 32.4 Å². The standard InChI is InChI=1S/C10H19N3O/c1-4-9(7-14)12-8(2)10-5-6-11-13(10)3/h5-6,8-9,12,14H,4,7H2,1-3H3. The lowest BCUT2D eigenvalue weighted by atomic mass is 10.1. The van der Waals surface area contributed by atoms with Gasteiger partial charge in [0.25, 0.3) is 0 Å². The van der Waals surface area contributed by atoms with Gasteiger partial charge in [-0.15, -0.1) is 0 Å². The van der Waals surface area contributed by atoms with Crippen molar-refractivity contribution in [3.63, 3.8) is 0 Å². The van der Waals surface area contributed by atoms with E-state index in [4.69, 9.17) is 5.11 Å². The minimum atomic E-state index is 0.167. The molecule has 0 aliphatic rings. The summed E-state index contributed by atoms with van der Waals surface area (Å²) in [5.41, 5.74) is 1.14. The van der Waals surface area contributed by atoms with Gasteiger partial charge in [0.1, 0.15) is 0 Å². The Morgan fingerprint density at radius 3 is 2.79 bits per heavy atom. The second-order valence-electron chi connectivity index (χ2n) is 3.56. The summed E-state index contributed by atoms with van der Waals surface area (Å²) in [6.45, 7) is 4.32. The molecule has 4 nitrogen and oxygen atoms in total. The van der Waals surface area contributed by atoms with Gasteiger partial charge in [-0.25, -0.2) is 0 Å². The van der Waals surface area contributed by atoms with Crippen molar-refractivity contribution in [1.82, 2.24) is 15.1 Å². The summed E-state index contributed by atoms with van der Waals surface area (Å²) in [4.78, 5) is 0. The van der Waals surface area contributed by atoms with E-state index in [9.17, 15) is 0 Å². The van der Waals surface area contributed by atoms with Gasteiger partial charge in [0.2, 0.25) is 0 Å². The maximum absolute atomic E-state index is 9.06. The van der Waals surface area contributed by atoms with Crippen LogP contribution >= 0.6 is 0 Å². The van der Waals surface area contributed by atoms with Gasteiger partial charge in [0.15, 0.2) is 0 Å². The molecule has 0 amide bonds. The van der Waals surface area contributed by atoms with Gasteiger partial charge in [-0.05, 0) is 19.4 Å². The first-order valence-electron chi connectivity index (χ1n) is 5.03. The second kappa shape index (κ2) is 5.12. The molecular formula is C10H19N3O. The van der Waals surface area contributed by atoms with Crippen LogP contribution in [-0.2, 0) is 7.05 Å². The minimum Gasteiger partial charge on any atom is -0.395 e. The summed E-state index contributed by atoms with van der Waals surface area (Å²) < 4.78 is 1.85. The Morgan fingerprint density at radius 1 is 1.64 bits per heavy atom. The van der Waals surface area contributed by atoms with Crippen molar-refractivity contribution in [3.8, 4) is 0 Å². The summed E-state index contributed by atoms with van der Waals surface area (Å²) in [5, 5.41) is 16.5. The van der Waals surface area contributed by atoms with Crippen LogP contribution in [0.4, 0.5) is 0 Å². The molecule has 0 aliphatic heterocycles. The van der Waals surface area contributed by atoms with Crippen LogP contribution in [0.25, 0.3) is 0 Å². The van der Waals surface area contributed by atoms with Gasteiger partial charge >= 0.3 is 0 Å². The number of aromatic nitrogens is 2. The third-order valence-corrected chi connectivity index (χ3v) is 2.50. The molecule has 0 bridgehead atoms. The Balaban J connectivity index is 2.58. The lowest BCUT2D eigenvalue weighted by Gasteiger charge is -2.20. The number of hydrogen-bond acceptors (Lipinski definition) is 3. The Morgan fingerprint density at radius 2 is 2.36 bits per heavy atom. The number of aliphatic hydroxyl groups is 1. The third kappa shape index (κ3) is 2.56. The number of rotatable bonds is 5. The predicted octanol–water partition coefficient (Wildman–Crippen LogP) is 0.842. The average Bonchev–Trinajstić information content (AvgIpc) is 2.60. The van der Waals surface area contributed by atoms with E-state index in [1.165, 1.54) is 0 Å². The van der Waals surface area contributed by atoms with Crippen LogP contribution in [0, 0.1) is 0 Å². The molecule has 2 atom stereocenters. The molecular weight excluding hydrogens is 178 g/mol. The molecule has 80 valence electrons. The fraction of sp³-hybridized carbons (Fsp3) is 0.700. The minimum absolute atomic E-state index is 0.167. The molecule has 1 heterocycles. The average molecular weight is 197 g/mol. The highest BCUT2D eigenvalue weighted by Crippen LogP contribution is 2.11. The zero-order valence-corrected chi connectivity index (χ0v) is 9.07. The molecule has 0 radical (unpaired) electrons. The highest BCUT2D eigenvalue weighted by molar-refractivity contribution is 5.05. The summed E-state index contributed by atoms with van der Waals surface area (Å²) >= 11 is 0. The zero-order valence-electron chi connectivity index (χ0n) is 9.07. The lowest BCUT2D eigenvalue weighted by Crippen LogP contribution is -2.34. The molecule has 2 N–H and O–H groups in total. The summed E-state index contributed by atoms with van der Waals surface area (Å²) in [5.74, 6) is 0. The fourth-order valence-electron chi connectivity index (χ4n) is 1.55. The molecule has 2 unspecified atom stereocenters. The quantitative estimate of drug-likeness (QED) is 0.735. The van der Waals surface area contributed by atoms with Crippen molar-refractivity contribution < 1.29 is 5.11 Å². The first-order valence-corrected chi connectivity index (χ1v) is 5.03. The van der Waals surface area contributed by atoms with Crippen molar-refractivity contribution in [1.29, 1.82) is 0 Å². The largest absolute Gasteiger partial charge is 0.395 e. The number of nitrogens with one attached hydrogen (secondary N) is 1. The highest BCUT2D eigenvalue weighted by Gasteiger charge is 2.12. The van der Waals surface area contributed by atoms with Crippen LogP contribution < -0.4 is 5.32 Å². The molecule has 0 saturated carbocycles. The van der Waals surface area contributed by atoms with Gasteiger partial charge in [-0.2, -0.15) is 5.10 Å². The van der Waals surface area contributed by atoms with Crippen LogP contribution in [0.1, 0.15) is 32.0 Å². The predicted molar refractivity (Wildman–Crippen MR) is 55.9 cm³/mol. The molecule has 0 aliphatic carbocycles. The molecule has 0 saturated heterocycles. The molecule has 0 aromatic carbocycles. The van der Waals surface area contributed by atoms with Gasteiger partial charge in [-0.3, -0.25) is 4.68 Å². The lowest BCUT2D eigenvalue weighted by molar-refractivity contribution is 0.228. The van der Waals surface area contributed by atoms with E-state index in [0.29, 0.717) is 0 Å². The SMILES string of the molecule is CCC(CO)NC(C)c1ccnn1C. The molecule has 1 rings (SSSR count). The molecule has 1 aromatic heterocycles. The fourth-order valence-corrected chi connectivity index (χ4v) is 1.55. The Labute approximate surface area is 84.9 Å². The molecule has 4 heteroatoms. The van der Waals surface area contributed by atoms with Crippen LogP contribution in [0.5, 0.6) is 0 Å². The van der Waals surface area contributed by atoms with Gasteiger partial charge < -0.3 is 10.4 Å². The number of nitrogens with zero attached hydrogens (tertiary/aromatic N) is 2. The number of hydrogen-bond donors (Lipinski definition) is 2. The molecule has 0 fully saturated rings. The van der Waals surface area contributed by atoms with Crippen molar-refractivity contribution in [3.05, 3.63) is 18.0 Å². The second-order valence-corrected chi connectivity index (χ2v) is 3.56. The van der Waals surface area contributed by atoms with Crippen LogP contribution in [-0.4, -0.2) is 27.5 Å². The first-order chi connectivity index (χ1) is 6.69. The molecule has 14 heavy (non-hydrogen) atoms. The Kier molecular flexibility index (Phi) is 4.10.